The maximum Gasteiger partial charge on any atom is 2.00 e. The summed E-state index contributed by atoms with van der Waals surface area (Å²) < 4.78 is 0. The standard InChI is InChI=1S/C28H22.2ClH.Hf/c1-5-13-23-19(9-1)20-10-2-6-14-24(20)27(23)17-18-28-25-15-7-3-11-21(25)22-12-4-8-16-26(22)28;;;/h1-16,23,28H,17-18H2;2*1H;/q;;;+2/p-2. The first-order valence-corrected chi connectivity index (χ1v) is 10.3. The molecule has 3 aromatic carbocycles. The first kappa shape index (κ1) is 24.0. The van der Waals surface area contributed by atoms with Crippen molar-refractivity contribution >= 4 is 11.1 Å². The molecule has 152 valence electrons. The zero-order chi connectivity index (χ0) is 18.5. The van der Waals surface area contributed by atoms with E-state index in [0.29, 0.717) is 11.8 Å². The van der Waals surface area contributed by atoms with E-state index in [2.05, 4.69) is 97.1 Å². The number of hydrogen-bond acceptors (Lipinski definition) is 0. The molecule has 3 heteroatoms. The first-order chi connectivity index (χ1) is 13.9. The van der Waals surface area contributed by atoms with Gasteiger partial charge in [-0.3, -0.25) is 0 Å². The van der Waals surface area contributed by atoms with Crippen LogP contribution >= 0.6 is 0 Å². The van der Waals surface area contributed by atoms with Crippen molar-refractivity contribution in [1.29, 1.82) is 0 Å². The van der Waals surface area contributed by atoms with Crippen LogP contribution in [0.5, 0.6) is 0 Å². The molecular weight excluding hydrogens is 586 g/mol. The maximum absolute atomic E-state index is 2.38. The zero-order valence-electron chi connectivity index (χ0n) is 17.1. The minimum absolute atomic E-state index is 0. The molecule has 0 spiro atoms. The minimum Gasteiger partial charge on any atom is -1.00 e. The van der Waals surface area contributed by atoms with E-state index < -0.39 is 0 Å². The van der Waals surface area contributed by atoms with Gasteiger partial charge in [-0.2, -0.15) is 0 Å². The molecule has 0 amide bonds. The number of hydrogen-bond donors (Lipinski definition) is 0. The average molecular weight is 608 g/mol. The topological polar surface area (TPSA) is 0 Å². The van der Waals surface area contributed by atoms with Gasteiger partial charge in [0.05, 0.1) is 0 Å². The summed E-state index contributed by atoms with van der Waals surface area (Å²) in [7, 11) is 0. The summed E-state index contributed by atoms with van der Waals surface area (Å²) >= 11 is 0. The van der Waals surface area contributed by atoms with Crippen LogP contribution in [0.15, 0.2) is 97.1 Å². The van der Waals surface area contributed by atoms with Crippen LogP contribution in [-0.4, -0.2) is 0 Å². The molecule has 0 nitrogen and oxygen atoms in total. The molecule has 3 aliphatic carbocycles. The summed E-state index contributed by atoms with van der Waals surface area (Å²) in [6, 6.07) is 26.9. The normalized spacial score (nSPS) is 17.0. The van der Waals surface area contributed by atoms with Crippen molar-refractivity contribution in [3.05, 3.63) is 119 Å². The van der Waals surface area contributed by atoms with E-state index in [0.717, 1.165) is 6.42 Å². The van der Waals surface area contributed by atoms with Crippen LogP contribution in [0.3, 0.4) is 0 Å². The largest absolute Gasteiger partial charge is 2.00 e. The van der Waals surface area contributed by atoms with E-state index in [1.54, 1.807) is 5.57 Å². The number of halogens is 2. The molecule has 0 aromatic heterocycles. The van der Waals surface area contributed by atoms with Gasteiger partial charge in [-0.1, -0.05) is 103 Å². The molecule has 0 N–H and O–H groups in total. The van der Waals surface area contributed by atoms with Crippen LogP contribution in [-0.2, 0) is 25.8 Å². The molecule has 0 saturated heterocycles. The van der Waals surface area contributed by atoms with Crippen LogP contribution < -0.4 is 35.3 Å². The summed E-state index contributed by atoms with van der Waals surface area (Å²) in [6.07, 6.45) is 11.4. The molecule has 0 saturated carbocycles. The van der Waals surface area contributed by atoms with Crippen molar-refractivity contribution in [2.75, 3.05) is 0 Å². The van der Waals surface area contributed by atoms with Gasteiger partial charge in [-0.15, -0.1) is 0 Å². The summed E-state index contributed by atoms with van der Waals surface area (Å²) in [5.74, 6) is 0.952. The Labute approximate surface area is 215 Å². The van der Waals surface area contributed by atoms with Crippen LogP contribution in [0.2, 0.25) is 0 Å². The number of allylic oxidation sites excluding steroid dienone is 4. The van der Waals surface area contributed by atoms with Gasteiger partial charge in [-0.25, -0.2) is 0 Å². The molecule has 0 heterocycles. The number of rotatable bonds is 3. The van der Waals surface area contributed by atoms with Gasteiger partial charge in [0.15, 0.2) is 0 Å². The van der Waals surface area contributed by atoms with E-state index >= 15 is 0 Å². The molecule has 0 aliphatic heterocycles. The van der Waals surface area contributed by atoms with Crippen molar-refractivity contribution in [1.82, 2.24) is 0 Å². The fourth-order valence-electron chi connectivity index (χ4n) is 5.45. The third-order valence-corrected chi connectivity index (χ3v) is 6.65. The molecule has 1 atom stereocenters. The van der Waals surface area contributed by atoms with Crippen molar-refractivity contribution in [2.45, 2.75) is 18.8 Å². The van der Waals surface area contributed by atoms with Gasteiger partial charge in [0.2, 0.25) is 0 Å². The average Bonchev–Trinajstić information content (AvgIpc) is 3.26. The Hall–Kier alpha value is -1.67. The Morgan fingerprint density at radius 1 is 0.645 bits per heavy atom. The van der Waals surface area contributed by atoms with E-state index in [4.69, 9.17) is 0 Å². The predicted octanol–water partition coefficient (Wildman–Crippen LogP) is -0.658. The third kappa shape index (κ3) is 3.86. The van der Waals surface area contributed by atoms with E-state index in [1.807, 2.05) is 0 Å². The number of benzene rings is 3. The molecule has 3 aliphatic rings. The second kappa shape index (κ2) is 9.86. The molecule has 0 bridgehead atoms. The summed E-state index contributed by atoms with van der Waals surface area (Å²) in [5, 5.41) is 2.88. The van der Waals surface area contributed by atoms with E-state index in [1.165, 1.54) is 44.7 Å². The first-order valence-electron chi connectivity index (χ1n) is 10.3. The Bertz CT molecular complexity index is 1240. The summed E-state index contributed by atoms with van der Waals surface area (Å²) in [6.45, 7) is 0. The zero-order valence-corrected chi connectivity index (χ0v) is 22.2. The Morgan fingerprint density at radius 2 is 1.23 bits per heavy atom. The molecular formula is C28H22Cl2Hf. The minimum atomic E-state index is 0. The van der Waals surface area contributed by atoms with Gasteiger partial charge < -0.3 is 24.8 Å². The monoisotopic (exact) mass is 608 g/mol. The van der Waals surface area contributed by atoms with Crippen molar-refractivity contribution < 1.29 is 50.7 Å². The number of fused-ring (bicyclic) bond motifs is 5. The Balaban J connectivity index is 0.000000907. The van der Waals surface area contributed by atoms with Gasteiger partial charge >= 0.3 is 25.8 Å². The smallest absolute Gasteiger partial charge is 1.00 e. The van der Waals surface area contributed by atoms with Crippen molar-refractivity contribution in [2.24, 2.45) is 5.92 Å². The SMILES string of the molecule is C1=CC2=c3ccccc3=C(CCC3c4ccccc4-c4ccccc43)C2C=C1.[Cl-].[Cl-].[Hf+2]. The fraction of sp³-hybridized carbons (Fsp3) is 0.143. The van der Waals surface area contributed by atoms with Gasteiger partial charge in [0.25, 0.3) is 0 Å². The predicted molar refractivity (Wildman–Crippen MR) is 117 cm³/mol. The Kier molecular flexibility index (Phi) is 7.63. The van der Waals surface area contributed by atoms with Crippen LogP contribution in [0, 0.1) is 5.92 Å². The molecule has 3 aromatic rings. The molecule has 6 rings (SSSR count). The molecule has 0 fully saturated rings. The maximum atomic E-state index is 2.38. The van der Waals surface area contributed by atoms with E-state index in [9.17, 15) is 0 Å². The summed E-state index contributed by atoms with van der Waals surface area (Å²) in [5.41, 5.74) is 8.91. The van der Waals surface area contributed by atoms with Crippen molar-refractivity contribution in [3.63, 3.8) is 0 Å². The fourth-order valence-corrected chi connectivity index (χ4v) is 5.45. The quantitative estimate of drug-likeness (QED) is 0.347. The second-order valence-electron chi connectivity index (χ2n) is 8.01. The molecule has 1 unspecified atom stereocenters. The third-order valence-electron chi connectivity index (χ3n) is 6.65. The van der Waals surface area contributed by atoms with Crippen LogP contribution in [0.25, 0.3) is 22.3 Å². The van der Waals surface area contributed by atoms with E-state index in [-0.39, 0.29) is 50.7 Å². The Morgan fingerprint density at radius 3 is 1.90 bits per heavy atom. The second-order valence-corrected chi connectivity index (χ2v) is 8.01. The van der Waals surface area contributed by atoms with Gasteiger partial charge in [-0.05, 0) is 51.1 Å². The van der Waals surface area contributed by atoms with Gasteiger partial charge in [0.1, 0.15) is 0 Å². The van der Waals surface area contributed by atoms with Crippen LogP contribution in [0.1, 0.15) is 29.9 Å². The van der Waals surface area contributed by atoms with Gasteiger partial charge in [0, 0.05) is 11.8 Å². The summed E-state index contributed by atoms with van der Waals surface area (Å²) in [4.78, 5) is 0. The molecule has 0 radical (unpaired) electrons. The molecule has 31 heavy (non-hydrogen) atoms. The van der Waals surface area contributed by atoms with Crippen LogP contribution in [0.4, 0.5) is 0 Å². The van der Waals surface area contributed by atoms with Crippen molar-refractivity contribution in [3.8, 4) is 11.1 Å².